The number of fused-ring (bicyclic) bond motifs is 2. The van der Waals surface area contributed by atoms with E-state index in [-0.39, 0.29) is 0 Å². The van der Waals surface area contributed by atoms with E-state index in [0.29, 0.717) is 19.2 Å². The predicted octanol–water partition coefficient (Wildman–Crippen LogP) is 4.84. The maximum absolute atomic E-state index is 5.81. The van der Waals surface area contributed by atoms with E-state index in [9.17, 15) is 0 Å². The van der Waals surface area contributed by atoms with Crippen LogP contribution in [0.2, 0.25) is 0 Å². The minimum Gasteiger partial charge on any atom is -0.454 e. The standard InChI is InChI=1S/C21H16N2O3/c1-2-4-18-17(3-1)23-21(26-18)15-6-8-16(9-7-15)22-12-14-5-10-19-20(11-14)25-13-24-19/h1-11,22H,12-13H2. The Balaban J connectivity index is 1.30. The van der Waals surface area contributed by atoms with Crippen molar-refractivity contribution in [3.8, 4) is 23.0 Å². The van der Waals surface area contributed by atoms with Crippen LogP contribution in [-0.2, 0) is 6.54 Å². The molecule has 0 spiro atoms. The van der Waals surface area contributed by atoms with E-state index in [1.807, 2.05) is 66.7 Å². The summed E-state index contributed by atoms with van der Waals surface area (Å²) in [4.78, 5) is 4.53. The Bertz CT molecular complexity index is 1040. The molecule has 0 fully saturated rings. The number of para-hydroxylation sites is 2. The van der Waals surface area contributed by atoms with E-state index < -0.39 is 0 Å². The number of rotatable bonds is 4. The van der Waals surface area contributed by atoms with Crippen molar-refractivity contribution in [2.45, 2.75) is 6.54 Å². The van der Waals surface area contributed by atoms with E-state index in [4.69, 9.17) is 13.9 Å². The van der Waals surface area contributed by atoms with Gasteiger partial charge in [-0.3, -0.25) is 0 Å². The molecule has 5 rings (SSSR count). The van der Waals surface area contributed by atoms with Gasteiger partial charge in [0.25, 0.3) is 0 Å². The first-order valence-corrected chi connectivity index (χ1v) is 8.43. The summed E-state index contributed by atoms with van der Waals surface area (Å²) in [6, 6.07) is 21.8. The number of ether oxygens (including phenoxy) is 2. The normalized spacial score (nSPS) is 12.5. The number of anilines is 1. The summed E-state index contributed by atoms with van der Waals surface area (Å²) in [6.07, 6.45) is 0. The molecule has 0 saturated carbocycles. The van der Waals surface area contributed by atoms with Gasteiger partial charge in [0.05, 0.1) is 0 Å². The molecule has 0 radical (unpaired) electrons. The Morgan fingerprint density at radius 2 is 1.73 bits per heavy atom. The van der Waals surface area contributed by atoms with Crippen molar-refractivity contribution in [3.63, 3.8) is 0 Å². The molecule has 1 aliphatic rings. The van der Waals surface area contributed by atoms with Gasteiger partial charge in [-0.2, -0.15) is 0 Å². The fourth-order valence-corrected chi connectivity index (χ4v) is 2.98. The van der Waals surface area contributed by atoms with Crippen LogP contribution in [0.15, 0.2) is 71.1 Å². The largest absolute Gasteiger partial charge is 0.454 e. The van der Waals surface area contributed by atoms with Gasteiger partial charge in [-0.15, -0.1) is 0 Å². The van der Waals surface area contributed by atoms with Crippen LogP contribution in [0.1, 0.15) is 5.56 Å². The van der Waals surface area contributed by atoms with Crippen molar-refractivity contribution in [3.05, 3.63) is 72.3 Å². The molecule has 1 aliphatic heterocycles. The second-order valence-electron chi connectivity index (χ2n) is 6.11. The summed E-state index contributed by atoms with van der Waals surface area (Å²) in [5.74, 6) is 2.24. The highest BCUT2D eigenvalue weighted by molar-refractivity contribution is 5.76. The van der Waals surface area contributed by atoms with Crippen LogP contribution < -0.4 is 14.8 Å². The SMILES string of the molecule is c1ccc2oc(-c3ccc(NCc4ccc5c(c4)OCO5)cc3)nc2c1. The molecule has 0 bridgehead atoms. The van der Waals surface area contributed by atoms with Crippen LogP contribution in [0.5, 0.6) is 11.5 Å². The number of aromatic nitrogens is 1. The fourth-order valence-electron chi connectivity index (χ4n) is 2.98. The Morgan fingerprint density at radius 3 is 2.62 bits per heavy atom. The predicted molar refractivity (Wildman–Crippen MR) is 99.3 cm³/mol. The van der Waals surface area contributed by atoms with Crippen molar-refractivity contribution in [2.75, 3.05) is 12.1 Å². The molecular weight excluding hydrogens is 328 g/mol. The molecule has 3 aromatic carbocycles. The fraction of sp³-hybridized carbons (Fsp3) is 0.0952. The van der Waals surface area contributed by atoms with Gasteiger partial charge in [-0.05, 0) is 54.1 Å². The van der Waals surface area contributed by atoms with Crippen molar-refractivity contribution < 1.29 is 13.9 Å². The van der Waals surface area contributed by atoms with Gasteiger partial charge in [0.1, 0.15) is 5.52 Å². The Kier molecular flexibility index (Phi) is 3.49. The Labute approximate surface area is 150 Å². The molecule has 0 unspecified atom stereocenters. The number of nitrogens with one attached hydrogen (secondary N) is 1. The molecule has 0 amide bonds. The highest BCUT2D eigenvalue weighted by Gasteiger charge is 2.13. The summed E-state index contributed by atoms with van der Waals surface area (Å²) in [7, 11) is 0. The van der Waals surface area contributed by atoms with Crippen LogP contribution in [0, 0.1) is 0 Å². The van der Waals surface area contributed by atoms with Gasteiger partial charge in [0.2, 0.25) is 12.7 Å². The number of hydrogen-bond acceptors (Lipinski definition) is 5. The van der Waals surface area contributed by atoms with Crippen molar-refractivity contribution >= 4 is 16.8 Å². The monoisotopic (exact) mass is 344 g/mol. The number of hydrogen-bond donors (Lipinski definition) is 1. The zero-order valence-corrected chi connectivity index (χ0v) is 13.9. The molecular formula is C21H16N2O3. The number of nitrogens with zero attached hydrogens (tertiary/aromatic N) is 1. The average molecular weight is 344 g/mol. The maximum Gasteiger partial charge on any atom is 0.231 e. The molecule has 26 heavy (non-hydrogen) atoms. The first kappa shape index (κ1) is 14.8. The lowest BCUT2D eigenvalue weighted by Gasteiger charge is -2.07. The van der Waals surface area contributed by atoms with Gasteiger partial charge in [0, 0.05) is 17.8 Å². The number of benzene rings is 3. The van der Waals surface area contributed by atoms with E-state index in [1.54, 1.807) is 0 Å². The second kappa shape index (κ2) is 6.11. The third-order valence-electron chi connectivity index (χ3n) is 4.36. The lowest BCUT2D eigenvalue weighted by atomic mass is 10.1. The van der Waals surface area contributed by atoms with Gasteiger partial charge >= 0.3 is 0 Å². The van der Waals surface area contributed by atoms with Crippen LogP contribution in [0.4, 0.5) is 5.69 Å². The van der Waals surface area contributed by atoms with E-state index >= 15 is 0 Å². The highest BCUT2D eigenvalue weighted by atomic mass is 16.7. The minimum absolute atomic E-state index is 0.295. The molecule has 0 aliphatic carbocycles. The highest BCUT2D eigenvalue weighted by Crippen LogP contribution is 2.32. The van der Waals surface area contributed by atoms with Gasteiger partial charge in [-0.25, -0.2) is 4.98 Å². The van der Waals surface area contributed by atoms with E-state index in [0.717, 1.165) is 39.4 Å². The smallest absolute Gasteiger partial charge is 0.231 e. The third-order valence-corrected chi connectivity index (χ3v) is 4.36. The molecule has 5 heteroatoms. The van der Waals surface area contributed by atoms with Crippen LogP contribution in [0.3, 0.4) is 0 Å². The molecule has 0 atom stereocenters. The van der Waals surface area contributed by atoms with Crippen molar-refractivity contribution in [1.82, 2.24) is 4.98 Å². The summed E-state index contributed by atoms with van der Waals surface area (Å²) >= 11 is 0. The van der Waals surface area contributed by atoms with Crippen LogP contribution in [0.25, 0.3) is 22.6 Å². The van der Waals surface area contributed by atoms with Crippen LogP contribution in [-0.4, -0.2) is 11.8 Å². The molecule has 2 heterocycles. The summed E-state index contributed by atoms with van der Waals surface area (Å²) in [5, 5.41) is 3.41. The van der Waals surface area contributed by atoms with Gasteiger partial charge in [0.15, 0.2) is 17.1 Å². The van der Waals surface area contributed by atoms with Gasteiger partial charge < -0.3 is 19.2 Å². The first-order valence-electron chi connectivity index (χ1n) is 8.43. The van der Waals surface area contributed by atoms with Crippen molar-refractivity contribution in [1.29, 1.82) is 0 Å². The third kappa shape index (κ3) is 2.73. The Hall–Kier alpha value is -3.47. The zero-order chi connectivity index (χ0) is 17.3. The molecule has 5 nitrogen and oxygen atoms in total. The maximum atomic E-state index is 5.81. The molecule has 1 aromatic heterocycles. The van der Waals surface area contributed by atoms with Crippen molar-refractivity contribution in [2.24, 2.45) is 0 Å². The summed E-state index contributed by atoms with van der Waals surface area (Å²) in [6.45, 7) is 1.00. The van der Waals surface area contributed by atoms with Crippen LogP contribution >= 0.6 is 0 Å². The lowest BCUT2D eigenvalue weighted by molar-refractivity contribution is 0.174. The van der Waals surface area contributed by atoms with E-state index in [2.05, 4.69) is 10.3 Å². The molecule has 0 saturated heterocycles. The topological polar surface area (TPSA) is 56.5 Å². The van der Waals surface area contributed by atoms with Gasteiger partial charge in [-0.1, -0.05) is 18.2 Å². The van der Waals surface area contributed by atoms with E-state index in [1.165, 1.54) is 0 Å². The Morgan fingerprint density at radius 1 is 0.885 bits per heavy atom. The summed E-state index contributed by atoms with van der Waals surface area (Å²) < 4.78 is 16.6. The quantitative estimate of drug-likeness (QED) is 0.574. The zero-order valence-electron chi connectivity index (χ0n) is 13.9. The molecule has 128 valence electrons. The average Bonchev–Trinajstić information content (AvgIpc) is 3.33. The minimum atomic E-state index is 0.295. The number of oxazole rings is 1. The first-order chi connectivity index (χ1) is 12.8. The summed E-state index contributed by atoms with van der Waals surface area (Å²) in [5.41, 5.74) is 4.79. The second-order valence-corrected chi connectivity index (χ2v) is 6.11. The lowest BCUT2D eigenvalue weighted by Crippen LogP contribution is -1.99. The molecule has 4 aromatic rings. The molecule has 1 N–H and O–H groups in total.